The topological polar surface area (TPSA) is 29.3 Å². The van der Waals surface area contributed by atoms with Crippen LogP contribution in [0.3, 0.4) is 0 Å². The van der Waals surface area contributed by atoms with E-state index < -0.39 is 11.7 Å². The lowest BCUT2D eigenvalue weighted by Gasteiger charge is -2.22. The number of imidazole rings is 1. The fourth-order valence-electron chi connectivity index (χ4n) is 2.51. The number of nitrogens with zero attached hydrogens (tertiary/aromatic N) is 2. The second-order valence-corrected chi connectivity index (χ2v) is 7.75. The molecule has 132 valence electrons. The van der Waals surface area contributed by atoms with Crippen molar-refractivity contribution in [1.29, 1.82) is 0 Å². The summed E-state index contributed by atoms with van der Waals surface area (Å²) in [6.45, 7) is 6.04. The van der Waals surface area contributed by atoms with Gasteiger partial charge in [-0.05, 0) is 61.0 Å². The molecule has 2 heterocycles. The molecule has 1 aromatic carbocycles. The fourth-order valence-corrected chi connectivity index (χ4v) is 2.85. The highest BCUT2D eigenvalue weighted by Gasteiger charge is 2.30. The zero-order valence-corrected chi connectivity index (χ0v) is 15.5. The summed E-state index contributed by atoms with van der Waals surface area (Å²) in [5.41, 5.74) is 1.04. The SMILES string of the molecule is CC(C)(C)Nc1c(-c2ccc(C(F)(F)F)cc2)nc2ccc(Br)cn12. The van der Waals surface area contributed by atoms with Gasteiger partial charge in [-0.1, -0.05) is 12.1 Å². The first-order valence-corrected chi connectivity index (χ1v) is 8.47. The number of benzene rings is 1. The van der Waals surface area contributed by atoms with Crippen molar-refractivity contribution in [3.8, 4) is 11.3 Å². The molecule has 0 spiro atoms. The van der Waals surface area contributed by atoms with Gasteiger partial charge in [0.15, 0.2) is 0 Å². The van der Waals surface area contributed by atoms with E-state index in [2.05, 4.69) is 26.2 Å². The zero-order chi connectivity index (χ0) is 18.4. The average molecular weight is 412 g/mol. The summed E-state index contributed by atoms with van der Waals surface area (Å²) in [5, 5.41) is 3.40. The van der Waals surface area contributed by atoms with Gasteiger partial charge in [-0.15, -0.1) is 0 Å². The maximum Gasteiger partial charge on any atom is 0.416 e. The number of nitrogens with one attached hydrogen (secondary N) is 1. The van der Waals surface area contributed by atoms with Gasteiger partial charge in [-0.3, -0.25) is 4.40 Å². The summed E-state index contributed by atoms with van der Waals surface area (Å²) in [5.74, 6) is 0.739. The van der Waals surface area contributed by atoms with Crippen molar-refractivity contribution in [2.75, 3.05) is 5.32 Å². The van der Waals surface area contributed by atoms with E-state index >= 15 is 0 Å². The Hall–Kier alpha value is -2.02. The Bertz CT molecular complexity index is 906. The summed E-state index contributed by atoms with van der Waals surface area (Å²) in [7, 11) is 0. The summed E-state index contributed by atoms with van der Waals surface area (Å²) >= 11 is 3.44. The number of fused-ring (bicyclic) bond motifs is 1. The van der Waals surface area contributed by atoms with Gasteiger partial charge in [0.1, 0.15) is 17.2 Å². The fraction of sp³-hybridized carbons (Fsp3) is 0.278. The van der Waals surface area contributed by atoms with Crippen LogP contribution in [-0.2, 0) is 6.18 Å². The Balaban J connectivity index is 2.16. The van der Waals surface area contributed by atoms with Crippen molar-refractivity contribution in [3.63, 3.8) is 0 Å². The molecule has 7 heteroatoms. The molecular weight excluding hydrogens is 395 g/mol. The largest absolute Gasteiger partial charge is 0.416 e. The van der Waals surface area contributed by atoms with Crippen molar-refractivity contribution in [2.45, 2.75) is 32.5 Å². The van der Waals surface area contributed by atoms with E-state index in [1.165, 1.54) is 12.1 Å². The first-order chi connectivity index (χ1) is 11.5. The van der Waals surface area contributed by atoms with Crippen molar-refractivity contribution < 1.29 is 13.2 Å². The minimum atomic E-state index is -4.35. The lowest BCUT2D eigenvalue weighted by Crippen LogP contribution is -2.27. The molecule has 0 atom stereocenters. The second-order valence-electron chi connectivity index (χ2n) is 6.83. The van der Waals surface area contributed by atoms with Gasteiger partial charge in [-0.2, -0.15) is 13.2 Å². The summed E-state index contributed by atoms with van der Waals surface area (Å²) < 4.78 is 41.2. The molecule has 0 saturated carbocycles. The van der Waals surface area contributed by atoms with Crippen molar-refractivity contribution in [2.24, 2.45) is 0 Å². The van der Waals surface area contributed by atoms with Crippen LogP contribution in [0.25, 0.3) is 16.9 Å². The Morgan fingerprint density at radius 3 is 2.20 bits per heavy atom. The van der Waals surface area contributed by atoms with Gasteiger partial charge in [0.25, 0.3) is 0 Å². The minimum absolute atomic E-state index is 0.237. The molecule has 0 aliphatic heterocycles. The molecule has 1 N–H and O–H groups in total. The summed E-state index contributed by atoms with van der Waals surface area (Å²) in [6.07, 6.45) is -2.47. The predicted octanol–water partition coefficient (Wildman–Crippen LogP) is 5.99. The molecule has 0 radical (unpaired) electrons. The van der Waals surface area contributed by atoms with Crippen LogP contribution < -0.4 is 5.32 Å². The minimum Gasteiger partial charge on any atom is -0.365 e. The highest BCUT2D eigenvalue weighted by molar-refractivity contribution is 9.10. The van der Waals surface area contributed by atoms with Crippen LogP contribution in [0.5, 0.6) is 0 Å². The predicted molar refractivity (Wildman–Crippen MR) is 96.7 cm³/mol. The number of halogens is 4. The van der Waals surface area contributed by atoms with Crippen molar-refractivity contribution in [3.05, 3.63) is 52.6 Å². The number of alkyl halides is 3. The first kappa shape index (κ1) is 17.8. The molecule has 25 heavy (non-hydrogen) atoms. The molecule has 0 saturated heterocycles. The van der Waals surface area contributed by atoms with E-state index in [4.69, 9.17) is 0 Å². The number of pyridine rings is 1. The van der Waals surface area contributed by atoms with E-state index in [1.807, 2.05) is 43.5 Å². The normalized spacial score (nSPS) is 12.6. The van der Waals surface area contributed by atoms with E-state index in [0.29, 0.717) is 16.9 Å². The molecule has 0 bridgehead atoms. The second kappa shape index (κ2) is 6.05. The molecule has 2 aromatic heterocycles. The van der Waals surface area contributed by atoms with E-state index in [-0.39, 0.29) is 5.54 Å². The zero-order valence-electron chi connectivity index (χ0n) is 13.9. The van der Waals surface area contributed by atoms with Crippen LogP contribution in [0.15, 0.2) is 47.1 Å². The van der Waals surface area contributed by atoms with Crippen molar-refractivity contribution in [1.82, 2.24) is 9.38 Å². The van der Waals surface area contributed by atoms with Crippen LogP contribution >= 0.6 is 15.9 Å². The number of aromatic nitrogens is 2. The smallest absolute Gasteiger partial charge is 0.365 e. The Morgan fingerprint density at radius 2 is 1.64 bits per heavy atom. The molecule has 0 unspecified atom stereocenters. The molecule has 3 nitrogen and oxygen atoms in total. The molecule has 0 aliphatic carbocycles. The van der Waals surface area contributed by atoms with Gasteiger partial charge >= 0.3 is 6.18 Å². The Labute approximate surface area is 152 Å². The van der Waals surface area contributed by atoms with E-state index in [0.717, 1.165) is 22.4 Å². The Morgan fingerprint density at radius 1 is 1.00 bits per heavy atom. The van der Waals surface area contributed by atoms with Crippen molar-refractivity contribution >= 4 is 27.4 Å². The molecule has 3 rings (SSSR count). The van der Waals surface area contributed by atoms with Gasteiger partial charge in [-0.25, -0.2) is 4.98 Å². The van der Waals surface area contributed by atoms with Crippen LogP contribution in [0, 0.1) is 0 Å². The third-order valence-electron chi connectivity index (χ3n) is 3.56. The van der Waals surface area contributed by atoms with Gasteiger partial charge in [0, 0.05) is 21.8 Å². The lowest BCUT2D eigenvalue weighted by molar-refractivity contribution is -0.137. The summed E-state index contributed by atoms with van der Waals surface area (Å²) in [6, 6.07) is 8.79. The van der Waals surface area contributed by atoms with Crippen LogP contribution in [0.4, 0.5) is 19.0 Å². The molecule has 0 amide bonds. The average Bonchev–Trinajstić information content (AvgIpc) is 2.83. The number of hydrogen-bond acceptors (Lipinski definition) is 2. The van der Waals surface area contributed by atoms with E-state index in [1.54, 1.807) is 0 Å². The van der Waals surface area contributed by atoms with Gasteiger partial charge in [0.2, 0.25) is 0 Å². The standard InChI is InChI=1S/C18H17BrF3N3/c1-17(2,3)24-16-15(23-14-9-8-13(19)10-25(14)16)11-4-6-12(7-5-11)18(20,21)22/h4-10,24H,1-3H3. The van der Waals surface area contributed by atoms with Crippen LogP contribution in [-0.4, -0.2) is 14.9 Å². The number of rotatable bonds is 2. The maximum atomic E-state index is 12.8. The lowest BCUT2D eigenvalue weighted by atomic mass is 10.1. The monoisotopic (exact) mass is 411 g/mol. The van der Waals surface area contributed by atoms with Gasteiger partial charge < -0.3 is 5.32 Å². The van der Waals surface area contributed by atoms with Crippen LogP contribution in [0.2, 0.25) is 0 Å². The maximum absolute atomic E-state index is 12.8. The number of hydrogen-bond donors (Lipinski definition) is 1. The molecule has 3 aromatic rings. The highest BCUT2D eigenvalue weighted by Crippen LogP contribution is 2.34. The van der Waals surface area contributed by atoms with Gasteiger partial charge in [0.05, 0.1) is 5.56 Å². The first-order valence-electron chi connectivity index (χ1n) is 7.68. The third kappa shape index (κ3) is 3.81. The van der Waals surface area contributed by atoms with E-state index in [9.17, 15) is 13.2 Å². The van der Waals surface area contributed by atoms with Crippen LogP contribution in [0.1, 0.15) is 26.3 Å². The quantitative estimate of drug-likeness (QED) is 0.560. The highest BCUT2D eigenvalue weighted by atomic mass is 79.9. The number of anilines is 1. The molecule has 0 fully saturated rings. The third-order valence-corrected chi connectivity index (χ3v) is 4.03. The molecule has 0 aliphatic rings. The Kier molecular flexibility index (Phi) is 4.31. The summed E-state index contributed by atoms with van der Waals surface area (Å²) in [4.78, 5) is 4.60. The molecular formula is C18H17BrF3N3.